The molecule has 1 aromatic carbocycles. The quantitative estimate of drug-likeness (QED) is 0.671. The van der Waals surface area contributed by atoms with Crippen molar-refractivity contribution in [3.63, 3.8) is 0 Å². The third-order valence-electron chi connectivity index (χ3n) is 4.71. The van der Waals surface area contributed by atoms with Gasteiger partial charge in [0, 0.05) is 27.2 Å². The lowest BCUT2D eigenvalue weighted by atomic mass is 10.2. The fraction of sp³-hybridized carbons (Fsp3) is 0.474. The zero-order valence-electron chi connectivity index (χ0n) is 17.1. The van der Waals surface area contributed by atoms with E-state index in [-0.39, 0.29) is 28.8 Å². The second-order valence-electron chi connectivity index (χ2n) is 7.22. The summed E-state index contributed by atoms with van der Waals surface area (Å²) in [4.78, 5) is 26.3. The molecule has 1 fully saturated rings. The van der Waals surface area contributed by atoms with Gasteiger partial charge in [-0.1, -0.05) is 12.8 Å². The van der Waals surface area contributed by atoms with E-state index in [2.05, 4.69) is 15.0 Å². The van der Waals surface area contributed by atoms with Crippen molar-refractivity contribution >= 4 is 27.9 Å². The largest absolute Gasteiger partial charge is 0.454 e. The molecular formula is C19H26N6O4S. The summed E-state index contributed by atoms with van der Waals surface area (Å²) in [7, 11) is -0.0536. The summed E-state index contributed by atoms with van der Waals surface area (Å²) in [5.74, 6) is -0.00142. The molecular weight excluding hydrogens is 408 g/mol. The van der Waals surface area contributed by atoms with Crippen molar-refractivity contribution in [2.75, 3.05) is 37.8 Å². The van der Waals surface area contributed by atoms with Crippen LogP contribution in [0, 0.1) is 0 Å². The number of carbonyl (C=O) groups excluding carboxylic acids is 1. The highest BCUT2D eigenvalue weighted by Crippen LogP contribution is 2.21. The Hall–Kier alpha value is -2.79. The van der Waals surface area contributed by atoms with E-state index in [4.69, 9.17) is 10.5 Å². The average Bonchev–Trinajstić information content (AvgIpc) is 3.02. The Balaban J connectivity index is 1.66. The van der Waals surface area contributed by atoms with Gasteiger partial charge in [0.15, 0.2) is 12.4 Å². The molecule has 0 radical (unpaired) electrons. The van der Waals surface area contributed by atoms with Crippen molar-refractivity contribution in [1.82, 2.24) is 19.3 Å². The third kappa shape index (κ3) is 5.22. The van der Waals surface area contributed by atoms with Gasteiger partial charge in [-0.2, -0.15) is 19.3 Å². The fourth-order valence-corrected chi connectivity index (χ4v) is 4.61. The molecule has 0 bridgehead atoms. The number of sulfonamides is 1. The molecule has 0 aliphatic carbocycles. The lowest BCUT2D eigenvalue weighted by molar-refractivity contribution is 0.0462. The van der Waals surface area contributed by atoms with Crippen molar-refractivity contribution in [2.24, 2.45) is 0 Å². The summed E-state index contributed by atoms with van der Waals surface area (Å²) < 4.78 is 32.4. The number of aromatic nitrogens is 3. The second-order valence-corrected chi connectivity index (χ2v) is 9.16. The molecule has 0 saturated carbocycles. The van der Waals surface area contributed by atoms with E-state index in [1.54, 1.807) is 19.0 Å². The highest BCUT2D eigenvalue weighted by atomic mass is 32.2. The van der Waals surface area contributed by atoms with Crippen molar-refractivity contribution in [3.05, 3.63) is 35.7 Å². The molecule has 2 heterocycles. The highest BCUT2D eigenvalue weighted by molar-refractivity contribution is 7.89. The summed E-state index contributed by atoms with van der Waals surface area (Å²) in [5.41, 5.74) is 5.89. The van der Waals surface area contributed by atoms with Crippen LogP contribution >= 0.6 is 0 Å². The monoisotopic (exact) mass is 434 g/mol. The minimum atomic E-state index is -3.57. The lowest BCUT2D eigenvalue weighted by Gasteiger charge is -2.20. The summed E-state index contributed by atoms with van der Waals surface area (Å²) in [6.45, 7) is 0.868. The molecule has 30 heavy (non-hydrogen) atoms. The van der Waals surface area contributed by atoms with E-state index in [9.17, 15) is 13.2 Å². The predicted octanol–water partition coefficient (Wildman–Crippen LogP) is 1.44. The molecule has 3 rings (SSSR count). The maximum atomic E-state index is 12.8. The van der Waals surface area contributed by atoms with E-state index in [1.165, 1.54) is 28.6 Å². The number of carbonyl (C=O) groups is 1. The first-order valence-electron chi connectivity index (χ1n) is 9.72. The molecule has 11 heteroatoms. The van der Waals surface area contributed by atoms with Gasteiger partial charge in [0.05, 0.1) is 10.5 Å². The Kier molecular flexibility index (Phi) is 6.83. The second kappa shape index (κ2) is 9.35. The maximum absolute atomic E-state index is 12.8. The van der Waals surface area contributed by atoms with Gasteiger partial charge in [-0.3, -0.25) is 0 Å². The number of hydrogen-bond donors (Lipinski definition) is 1. The predicted molar refractivity (Wildman–Crippen MR) is 111 cm³/mol. The van der Waals surface area contributed by atoms with Crippen LogP contribution in [0.2, 0.25) is 0 Å². The minimum absolute atomic E-state index is 0.0304. The molecule has 2 aromatic rings. The molecule has 1 saturated heterocycles. The van der Waals surface area contributed by atoms with E-state index < -0.39 is 16.0 Å². The van der Waals surface area contributed by atoms with Gasteiger partial charge >= 0.3 is 5.97 Å². The van der Waals surface area contributed by atoms with Gasteiger partial charge in [0.1, 0.15) is 0 Å². The standard InChI is InChI=1S/C19H26N6O4S/c1-24(2)19-22-16(21-18(20)23-19)13-29-17(26)14-7-9-15(10-8-14)30(27,28)25-11-5-3-4-6-12-25/h7-10H,3-6,11-13H2,1-2H3,(H2,20,21,22,23). The summed E-state index contributed by atoms with van der Waals surface area (Å²) in [6, 6.07) is 5.75. The van der Waals surface area contributed by atoms with Crippen LogP contribution in [0.5, 0.6) is 0 Å². The summed E-state index contributed by atoms with van der Waals surface area (Å²) >= 11 is 0. The molecule has 1 aliphatic heterocycles. The Morgan fingerprint density at radius 3 is 2.30 bits per heavy atom. The zero-order valence-corrected chi connectivity index (χ0v) is 17.9. The first-order valence-corrected chi connectivity index (χ1v) is 11.2. The van der Waals surface area contributed by atoms with Crippen molar-refractivity contribution < 1.29 is 17.9 Å². The number of nitrogen functional groups attached to an aromatic ring is 1. The van der Waals surface area contributed by atoms with Gasteiger partial charge < -0.3 is 15.4 Å². The van der Waals surface area contributed by atoms with E-state index >= 15 is 0 Å². The number of esters is 1. The third-order valence-corrected chi connectivity index (χ3v) is 6.63. The average molecular weight is 435 g/mol. The van der Waals surface area contributed by atoms with E-state index in [1.807, 2.05) is 0 Å². The van der Waals surface area contributed by atoms with Crippen molar-refractivity contribution in [1.29, 1.82) is 0 Å². The summed E-state index contributed by atoms with van der Waals surface area (Å²) in [6.07, 6.45) is 3.81. The van der Waals surface area contributed by atoms with Crippen LogP contribution < -0.4 is 10.6 Å². The smallest absolute Gasteiger partial charge is 0.338 e. The van der Waals surface area contributed by atoms with E-state index in [0.717, 1.165) is 25.7 Å². The van der Waals surface area contributed by atoms with Crippen LogP contribution in [0.4, 0.5) is 11.9 Å². The van der Waals surface area contributed by atoms with Crippen molar-refractivity contribution in [3.8, 4) is 0 Å². The number of nitrogens with zero attached hydrogens (tertiary/aromatic N) is 5. The molecule has 10 nitrogen and oxygen atoms in total. The van der Waals surface area contributed by atoms with Crippen LogP contribution in [0.1, 0.15) is 41.9 Å². The molecule has 1 aliphatic rings. The Labute approximate surface area is 176 Å². The molecule has 162 valence electrons. The van der Waals surface area contributed by atoms with Gasteiger partial charge in [-0.25, -0.2) is 13.2 Å². The SMILES string of the molecule is CN(C)c1nc(N)nc(COC(=O)c2ccc(S(=O)(=O)N3CCCCCC3)cc2)n1. The lowest BCUT2D eigenvalue weighted by Crippen LogP contribution is -2.31. The van der Waals surface area contributed by atoms with Gasteiger partial charge in [-0.05, 0) is 37.1 Å². The molecule has 0 amide bonds. The Morgan fingerprint density at radius 2 is 1.70 bits per heavy atom. The topological polar surface area (TPSA) is 132 Å². The van der Waals surface area contributed by atoms with Gasteiger partial charge in [0.25, 0.3) is 0 Å². The first kappa shape index (κ1) is 21.9. The van der Waals surface area contributed by atoms with E-state index in [0.29, 0.717) is 19.0 Å². The normalized spacial score (nSPS) is 15.4. The number of rotatable bonds is 6. The minimum Gasteiger partial charge on any atom is -0.454 e. The molecule has 0 spiro atoms. The Morgan fingerprint density at radius 1 is 1.07 bits per heavy atom. The van der Waals surface area contributed by atoms with Crippen LogP contribution in [0.3, 0.4) is 0 Å². The number of ether oxygens (including phenoxy) is 1. The van der Waals surface area contributed by atoms with Crippen molar-refractivity contribution in [2.45, 2.75) is 37.2 Å². The molecule has 0 unspecified atom stereocenters. The van der Waals surface area contributed by atoms with Gasteiger partial charge in [0.2, 0.25) is 21.9 Å². The summed E-state index contributed by atoms with van der Waals surface area (Å²) in [5, 5.41) is 0. The highest BCUT2D eigenvalue weighted by Gasteiger charge is 2.25. The number of hydrogen-bond acceptors (Lipinski definition) is 9. The first-order chi connectivity index (χ1) is 14.3. The van der Waals surface area contributed by atoms with Crippen LogP contribution in [-0.2, 0) is 21.4 Å². The number of nitrogens with two attached hydrogens (primary N) is 1. The van der Waals surface area contributed by atoms with Crippen LogP contribution in [-0.4, -0.2) is 60.8 Å². The van der Waals surface area contributed by atoms with Gasteiger partial charge in [-0.15, -0.1) is 0 Å². The number of anilines is 2. The molecule has 1 aromatic heterocycles. The molecule has 2 N–H and O–H groups in total. The zero-order chi connectivity index (χ0) is 21.7. The Bertz CT molecular complexity index is 987. The fourth-order valence-electron chi connectivity index (χ4n) is 3.10. The molecule has 0 atom stereocenters. The number of benzene rings is 1. The van der Waals surface area contributed by atoms with Crippen LogP contribution in [0.25, 0.3) is 0 Å². The maximum Gasteiger partial charge on any atom is 0.338 e. The van der Waals surface area contributed by atoms with Crippen LogP contribution in [0.15, 0.2) is 29.2 Å².